The lowest BCUT2D eigenvalue weighted by Crippen LogP contribution is -2.18. The van der Waals surface area contributed by atoms with E-state index in [0.29, 0.717) is 5.92 Å². The Morgan fingerprint density at radius 2 is 2.50 bits per heavy atom. The molecule has 1 aromatic rings. The Kier molecular flexibility index (Phi) is 2.78. The first-order valence-electron chi connectivity index (χ1n) is 4.48. The Balaban J connectivity index is 2.03. The number of thioether (sulfide) groups is 1. The molecule has 1 atom stereocenters. The number of carbonyl (C=O) groups is 1. The van der Waals surface area contributed by atoms with Crippen molar-refractivity contribution in [2.24, 2.45) is 5.92 Å². The Morgan fingerprint density at radius 1 is 1.79 bits per heavy atom. The zero-order chi connectivity index (χ0) is 10.1. The second-order valence-corrected chi connectivity index (χ2v) is 5.72. The van der Waals surface area contributed by atoms with Crippen molar-refractivity contribution in [3.05, 3.63) is 11.1 Å². The van der Waals surface area contributed by atoms with Crippen molar-refractivity contribution in [2.75, 3.05) is 0 Å². The number of hydrogen-bond acceptors (Lipinski definition) is 4. The van der Waals surface area contributed by atoms with Gasteiger partial charge in [-0.1, -0.05) is 11.8 Å². The van der Waals surface area contributed by atoms with Crippen LogP contribution in [0.4, 0.5) is 0 Å². The van der Waals surface area contributed by atoms with Crippen molar-refractivity contribution in [1.82, 2.24) is 4.98 Å². The predicted octanol–water partition coefficient (Wildman–Crippen LogP) is 2.41. The van der Waals surface area contributed by atoms with Gasteiger partial charge in [-0.3, -0.25) is 4.79 Å². The molecule has 5 heteroatoms. The largest absolute Gasteiger partial charge is 0.480 e. The van der Waals surface area contributed by atoms with Gasteiger partial charge in [-0.05, 0) is 25.7 Å². The second-order valence-electron chi connectivity index (χ2n) is 3.47. The molecule has 3 nitrogen and oxygen atoms in total. The summed E-state index contributed by atoms with van der Waals surface area (Å²) in [6.45, 7) is 1.92. The van der Waals surface area contributed by atoms with E-state index in [9.17, 15) is 4.79 Å². The molecule has 1 aromatic heterocycles. The molecule has 0 aliphatic heterocycles. The van der Waals surface area contributed by atoms with E-state index in [-0.39, 0.29) is 5.25 Å². The Labute approximate surface area is 90.6 Å². The minimum atomic E-state index is -0.703. The lowest BCUT2D eigenvalue weighted by Gasteiger charge is -2.07. The van der Waals surface area contributed by atoms with Gasteiger partial charge in [-0.25, -0.2) is 4.98 Å². The topological polar surface area (TPSA) is 50.2 Å². The Hall–Kier alpha value is -0.550. The summed E-state index contributed by atoms with van der Waals surface area (Å²) < 4.78 is 0.877. The third-order valence-electron chi connectivity index (χ3n) is 2.12. The van der Waals surface area contributed by atoms with Gasteiger partial charge in [0, 0.05) is 11.1 Å². The molecule has 1 heterocycles. The second kappa shape index (κ2) is 3.90. The number of carboxylic acid groups (broad SMARTS) is 1. The fraction of sp³-hybridized carbons (Fsp3) is 0.556. The highest BCUT2D eigenvalue weighted by Gasteiger charge is 2.37. The summed E-state index contributed by atoms with van der Waals surface area (Å²) in [5, 5.41) is 10.7. The minimum Gasteiger partial charge on any atom is -0.480 e. The van der Waals surface area contributed by atoms with Crippen LogP contribution in [0.2, 0.25) is 0 Å². The molecule has 0 aromatic carbocycles. The fourth-order valence-corrected chi connectivity index (χ4v) is 3.42. The van der Waals surface area contributed by atoms with E-state index >= 15 is 0 Å². The van der Waals surface area contributed by atoms with Crippen LogP contribution in [0.5, 0.6) is 0 Å². The standard InChI is InChI=1S/C9H11NO2S2/c1-5-4-13-9(10-5)14-7(8(11)12)6-2-3-6/h4,6-7H,2-3H2,1H3,(H,11,12). The number of aryl methyl sites for hydroxylation is 1. The monoisotopic (exact) mass is 229 g/mol. The van der Waals surface area contributed by atoms with Crippen LogP contribution in [0.1, 0.15) is 18.5 Å². The highest BCUT2D eigenvalue weighted by molar-refractivity contribution is 8.02. The molecule has 76 valence electrons. The maximum absolute atomic E-state index is 10.9. The van der Waals surface area contributed by atoms with E-state index < -0.39 is 5.97 Å². The summed E-state index contributed by atoms with van der Waals surface area (Å²) >= 11 is 2.93. The number of rotatable bonds is 4. The summed E-state index contributed by atoms with van der Waals surface area (Å²) in [4.78, 5) is 15.2. The molecule has 1 N–H and O–H groups in total. The normalized spacial score (nSPS) is 18.1. The molecule has 0 bridgehead atoms. The van der Waals surface area contributed by atoms with Crippen LogP contribution in [-0.4, -0.2) is 21.3 Å². The molecule has 1 aliphatic carbocycles. The van der Waals surface area contributed by atoms with Crippen LogP contribution in [0.25, 0.3) is 0 Å². The van der Waals surface area contributed by atoms with E-state index in [1.807, 2.05) is 12.3 Å². The minimum absolute atomic E-state index is 0.291. The molecule has 0 saturated heterocycles. The summed E-state index contributed by atoms with van der Waals surface area (Å²) in [5.41, 5.74) is 0.970. The molecule has 0 radical (unpaired) electrons. The van der Waals surface area contributed by atoms with E-state index in [0.717, 1.165) is 22.9 Å². The molecule has 0 amide bonds. The first-order chi connectivity index (χ1) is 6.66. The van der Waals surface area contributed by atoms with Crippen molar-refractivity contribution >= 4 is 29.1 Å². The number of nitrogens with zero attached hydrogens (tertiary/aromatic N) is 1. The number of carboxylic acids is 1. The smallest absolute Gasteiger partial charge is 0.317 e. The average molecular weight is 229 g/mol. The van der Waals surface area contributed by atoms with Gasteiger partial charge >= 0.3 is 5.97 Å². The van der Waals surface area contributed by atoms with Crippen LogP contribution in [0.15, 0.2) is 9.72 Å². The molecule has 14 heavy (non-hydrogen) atoms. The average Bonchev–Trinajstić information content (AvgIpc) is 2.86. The quantitative estimate of drug-likeness (QED) is 0.805. The lowest BCUT2D eigenvalue weighted by molar-refractivity contribution is -0.136. The molecule has 0 spiro atoms. The highest BCUT2D eigenvalue weighted by Crippen LogP contribution is 2.42. The number of thiazole rings is 1. The Morgan fingerprint density at radius 3 is 2.93 bits per heavy atom. The van der Waals surface area contributed by atoms with Crippen molar-refractivity contribution in [3.8, 4) is 0 Å². The van der Waals surface area contributed by atoms with Gasteiger partial charge in [0.1, 0.15) is 5.25 Å². The van der Waals surface area contributed by atoms with Gasteiger partial charge in [0.15, 0.2) is 4.34 Å². The van der Waals surface area contributed by atoms with Crippen molar-refractivity contribution in [3.63, 3.8) is 0 Å². The fourth-order valence-electron chi connectivity index (χ4n) is 1.24. The molecule has 1 saturated carbocycles. The SMILES string of the molecule is Cc1csc(SC(C(=O)O)C2CC2)n1. The van der Waals surface area contributed by atoms with Gasteiger partial charge in [0.05, 0.1) is 0 Å². The maximum Gasteiger partial charge on any atom is 0.317 e. The van der Waals surface area contributed by atoms with E-state index in [4.69, 9.17) is 5.11 Å². The van der Waals surface area contributed by atoms with Gasteiger partial charge < -0.3 is 5.11 Å². The molecule has 1 aliphatic rings. The number of hydrogen-bond donors (Lipinski definition) is 1. The third-order valence-corrected chi connectivity index (χ3v) is 4.58. The number of aromatic nitrogens is 1. The Bertz CT molecular complexity index is 346. The van der Waals surface area contributed by atoms with Gasteiger partial charge in [-0.15, -0.1) is 11.3 Å². The van der Waals surface area contributed by atoms with Crippen molar-refractivity contribution in [1.29, 1.82) is 0 Å². The lowest BCUT2D eigenvalue weighted by atomic mass is 10.3. The zero-order valence-corrected chi connectivity index (χ0v) is 9.40. The third kappa shape index (κ3) is 2.27. The zero-order valence-electron chi connectivity index (χ0n) is 7.77. The first-order valence-corrected chi connectivity index (χ1v) is 6.24. The summed E-state index contributed by atoms with van der Waals surface area (Å²) in [6, 6.07) is 0. The van der Waals surface area contributed by atoms with Crippen LogP contribution >= 0.6 is 23.1 Å². The van der Waals surface area contributed by atoms with Crippen molar-refractivity contribution in [2.45, 2.75) is 29.4 Å². The van der Waals surface area contributed by atoms with E-state index in [1.54, 1.807) is 0 Å². The van der Waals surface area contributed by atoms with E-state index in [1.165, 1.54) is 23.1 Å². The predicted molar refractivity (Wildman–Crippen MR) is 56.9 cm³/mol. The number of aliphatic carboxylic acids is 1. The van der Waals surface area contributed by atoms with Crippen LogP contribution < -0.4 is 0 Å². The highest BCUT2D eigenvalue weighted by atomic mass is 32.2. The van der Waals surface area contributed by atoms with Crippen LogP contribution in [0, 0.1) is 12.8 Å². The maximum atomic E-state index is 10.9. The van der Waals surface area contributed by atoms with Crippen molar-refractivity contribution < 1.29 is 9.90 Å². The summed E-state index contributed by atoms with van der Waals surface area (Å²) in [5.74, 6) is -0.341. The molecular weight excluding hydrogens is 218 g/mol. The molecular formula is C9H11NO2S2. The molecule has 1 unspecified atom stereocenters. The van der Waals surface area contributed by atoms with Gasteiger partial charge in [0.25, 0.3) is 0 Å². The van der Waals surface area contributed by atoms with Gasteiger partial charge in [-0.2, -0.15) is 0 Å². The summed E-state index contributed by atoms with van der Waals surface area (Å²) in [6.07, 6.45) is 2.10. The van der Waals surface area contributed by atoms with Crippen LogP contribution in [-0.2, 0) is 4.79 Å². The van der Waals surface area contributed by atoms with E-state index in [2.05, 4.69) is 4.98 Å². The van der Waals surface area contributed by atoms with Crippen LogP contribution in [0.3, 0.4) is 0 Å². The molecule has 1 fully saturated rings. The first kappa shape index (κ1) is 9.98. The molecule has 2 rings (SSSR count). The summed E-state index contributed by atoms with van der Waals surface area (Å²) in [7, 11) is 0. The van der Waals surface area contributed by atoms with Gasteiger partial charge in [0.2, 0.25) is 0 Å².